The van der Waals surface area contributed by atoms with Crippen LogP contribution in [0.1, 0.15) is 60.1 Å². The largest absolute Gasteiger partial charge is 0.416 e. The molecule has 3 aromatic rings. The third-order valence-corrected chi connectivity index (χ3v) is 8.43. The molecular weight excluding hydrogens is 577 g/mol. The Morgan fingerprint density at radius 2 is 1.56 bits per heavy atom. The lowest BCUT2D eigenvalue weighted by molar-refractivity contribution is -0.143. The first kappa shape index (κ1) is 31.0. The van der Waals surface area contributed by atoms with Crippen molar-refractivity contribution in [3.8, 4) is 0 Å². The van der Waals surface area contributed by atoms with E-state index < -0.39 is 52.8 Å². The number of carbonyl (C=O) groups excluding carboxylic acids is 1. The predicted octanol–water partition coefficient (Wildman–Crippen LogP) is 7.50. The summed E-state index contributed by atoms with van der Waals surface area (Å²) in [7, 11) is 0. The molecule has 1 N–H and O–H groups in total. The Kier molecular flexibility index (Phi) is 8.34. The van der Waals surface area contributed by atoms with Crippen LogP contribution in [-0.4, -0.2) is 36.0 Å². The van der Waals surface area contributed by atoms with Crippen molar-refractivity contribution in [2.45, 2.75) is 63.3 Å². The number of benzene rings is 3. The van der Waals surface area contributed by atoms with Crippen molar-refractivity contribution in [3.05, 3.63) is 106 Å². The van der Waals surface area contributed by atoms with Gasteiger partial charge < -0.3 is 15.0 Å². The Balaban J connectivity index is 1.40. The fourth-order valence-electron chi connectivity index (χ4n) is 6.28. The van der Waals surface area contributed by atoms with Crippen molar-refractivity contribution in [2.24, 2.45) is 5.41 Å². The first-order chi connectivity index (χ1) is 20.2. The molecule has 2 fully saturated rings. The lowest BCUT2D eigenvalue weighted by Gasteiger charge is -2.29. The maximum atomic E-state index is 13.8. The fourth-order valence-corrected chi connectivity index (χ4v) is 6.28. The molecule has 2 saturated heterocycles. The zero-order chi connectivity index (χ0) is 31.2. The predicted molar refractivity (Wildman–Crippen MR) is 145 cm³/mol. The minimum absolute atomic E-state index is 0.0779. The first-order valence-corrected chi connectivity index (χ1v) is 13.9. The number of hydrogen-bond donors (Lipinski definition) is 1. The molecule has 0 aliphatic carbocycles. The first-order valence-electron chi connectivity index (χ1n) is 13.9. The van der Waals surface area contributed by atoms with Crippen LogP contribution in [0.2, 0.25) is 0 Å². The van der Waals surface area contributed by atoms with Crippen LogP contribution in [0.5, 0.6) is 0 Å². The van der Waals surface area contributed by atoms with Gasteiger partial charge in [-0.3, -0.25) is 4.79 Å². The molecule has 5 rings (SSSR count). The van der Waals surface area contributed by atoms with Gasteiger partial charge in [-0.05, 0) is 67.3 Å². The molecule has 3 aromatic carbocycles. The van der Waals surface area contributed by atoms with Crippen LogP contribution in [0.3, 0.4) is 0 Å². The van der Waals surface area contributed by atoms with Crippen molar-refractivity contribution in [1.82, 2.24) is 10.2 Å². The summed E-state index contributed by atoms with van der Waals surface area (Å²) in [6, 6.07) is 16.4. The molecule has 11 heteroatoms. The average Bonchev–Trinajstić information content (AvgIpc) is 3.40. The molecule has 0 spiro atoms. The van der Waals surface area contributed by atoms with Crippen molar-refractivity contribution >= 4 is 5.91 Å². The summed E-state index contributed by atoms with van der Waals surface area (Å²) in [6.45, 7) is 4.31. The van der Waals surface area contributed by atoms with Gasteiger partial charge in [0.1, 0.15) is 5.82 Å². The van der Waals surface area contributed by atoms with E-state index in [1.54, 1.807) is 17.0 Å². The number of nitrogens with one attached hydrogen (secondary N) is 1. The van der Waals surface area contributed by atoms with Gasteiger partial charge in [0.25, 0.3) is 0 Å². The Hall–Kier alpha value is -3.44. The number of carbonyl (C=O) groups is 1. The summed E-state index contributed by atoms with van der Waals surface area (Å²) >= 11 is 0. The van der Waals surface area contributed by atoms with Crippen LogP contribution in [-0.2, 0) is 28.4 Å². The molecule has 2 aliphatic rings. The minimum Gasteiger partial charge on any atom is -0.368 e. The number of nitrogens with zero attached hydrogens (tertiary/aromatic N) is 1. The maximum absolute atomic E-state index is 13.8. The lowest BCUT2D eigenvalue weighted by atomic mass is 9.80. The maximum Gasteiger partial charge on any atom is 0.416 e. The van der Waals surface area contributed by atoms with Gasteiger partial charge in [0, 0.05) is 31.6 Å². The lowest BCUT2D eigenvalue weighted by Crippen LogP contribution is -2.40. The van der Waals surface area contributed by atoms with Gasteiger partial charge in [-0.15, -0.1) is 0 Å². The molecule has 0 radical (unpaired) electrons. The molecule has 0 saturated carbocycles. The Labute approximate surface area is 244 Å². The molecule has 0 aromatic heterocycles. The summed E-state index contributed by atoms with van der Waals surface area (Å²) in [4.78, 5) is 15.4. The van der Waals surface area contributed by atoms with Crippen LogP contribution in [0.4, 0.5) is 30.7 Å². The third kappa shape index (κ3) is 6.57. The van der Waals surface area contributed by atoms with Gasteiger partial charge >= 0.3 is 12.4 Å². The number of rotatable bonds is 8. The van der Waals surface area contributed by atoms with Gasteiger partial charge in [0.15, 0.2) is 0 Å². The SMILES string of the molecule is C[C@@H](O[C@H]1CN2C(=O)C(C)(CNCc3ccccc3)C[C@H]2[C@@H]1c1ccc(F)cc1)c1cc(C(F)(F)F)cc(C(F)(F)F)c1. The summed E-state index contributed by atoms with van der Waals surface area (Å²) in [5.74, 6) is -1.07. The summed E-state index contributed by atoms with van der Waals surface area (Å²) in [6.07, 6.45) is -11.5. The molecule has 4 nitrogen and oxygen atoms in total. The average molecular weight is 609 g/mol. The number of amides is 1. The van der Waals surface area contributed by atoms with E-state index in [2.05, 4.69) is 5.32 Å². The van der Waals surface area contributed by atoms with E-state index in [0.29, 0.717) is 37.2 Å². The van der Waals surface area contributed by atoms with Crippen LogP contribution >= 0.6 is 0 Å². The zero-order valence-electron chi connectivity index (χ0n) is 23.5. The van der Waals surface area contributed by atoms with Gasteiger partial charge in [-0.1, -0.05) is 42.5 Å². The van der Waals surface area contributed by atoms with Crippen LogP contribution in [0.15, 0.2) is 72.8 Å². The number of fused-ring (bicyclic) bond motifs is 1. The smallest absolute Gasteiger partial charge is 0.368 e. The number of alkyl halides is 6. The third-order valence-electron chi connectivity index (χ3n) is 8.43. The molecule has 1 unspecified atom stereocenters. The van der Waals surface area contributed by atoms with E-state index in [1.165, 1.54) is 19.1 Å². The normalized spacial score (nSPS) is 24.8. The minimum atomic E-state index is -4.99. The molecule has 2 heterocycles. The number of hydrogen-bond acceptors (Lipinski definition) is 3. The second-order valence-electron chi connectivity index (χ2n) is 11.6. The second kappa shape index (κ2) is 11.6. The molecule has 230 valence electrons. The monoisotopic (exact) mass is 608 g/mol. The number of halogens is 7. The van der Waals surface area contributed by atoms with Crippen molar-refractivity contribution < 1.29 is 40.3 Å². The van der Waals surface area contributed by atoms with E-state index in [4.69, 9.17) is 4.74 Å². The standard InChI is InChI=1S/C32H31F7N2O2/c1-19(22-12-23(31(34,35)36)14-24(13-22)32(37,38)39)43-27-17-41-26(28(27)21-8-10-25(33)11-9-21)15-30(2,29(41)42)18-40-16-20-6-4-3-5-7-20/h3-14,19,26-28,40H,15-18H2,1-2H3/t19-,26+,27+,28+,30?/m1/s1. The van der Waals surface area contributed by atoms with Gasteiger partial charge in [0.05, 0.1) is 28.7 Å². The van der Waals surface area contributed by atoms with E-state index in [-0.39, 0.29) is 30.1 Å². The molecule has 5 atom stereocenters. The van der Waals surface area contributed by atoms with Crippen molar-refractivity contribution in [1.29, 1.82) is 0 Å². The molecule has 0 bridgehead atoms. The quantitative estimate of drug-likeness (QED) is 0.269. The number of ether oxygens (including phenoxy) is 1. The van der Waals surface area contributed by atoms with Crippen LogP contribution in [0.25, 0.3) is 0 Å². The van der Waals surface area contributed by atoms with Crippen LogP contribution in [0, 0.1) is 11.2 Å². The fraction of sp³-hybridized carbons (Fsp3) is 0.406. The van der Waals surface area contributed by atoms with Gasteiger partial charge in [-0.2, -0.15) is 26.3 Å². The Morgan fingerprint density at radius 1 is 0.953 bits per heavy atom. The van der Waals surface area contributed by atoms with Crippen LogP contribution < -0.4 is 5.32 Å². The van der Waals surface area contributed by atoms with Crippen molar-refractivity contribution in [2.75, 3.05) is 13.1 Å². The summed E-state index contributed by atoms with van der Waals surface area (Å²) in [5, 5.41) is 3.35. The zero-order valence-corrected chi connectivity index (χ0v) is 23.5. The Morgan fingerprint density at radius 3 is 2.14 bits per heavy atom. The molecule has 43 heavy (non-hydrogen) atoms. The highest BCUT2D eigenvalue weighted by molar-refractivity contribution is 5.86. The highest BCUT2D eigenvalue weighted by Crippen LogP contribution is 2.49. The second-order valence-corrected chi connectivity index (χ2v) is 11.6. The molecule has 2 aliphatic heterocycles. The summed E-state index contributed by atoms with van der Waals surface area (Å²) < 4.78 is 101. The summed E-state index contributed by atoms with van der Waals surface area (Å²) in [5.41, 5.74) is -2.16. The van der Waals surface area contributed by atoms with E-state index >= 15 is 0 Å². The highest BCUT2D eigenvalue weighted by atomic mass is 19.4. The van der Waals surface area contributed by atoms with Crippen molar-refractivity contribution in [3.63, 3.8) is 0 Å². The van der Waals surface area contributed by atoms with E-state index in [0.717, 1.165) is 5.56 Å². The molecule has 1 amide bonds. The van der Waals surface area contributed by atoms with E-state index in [9.17, 15) is 35.5 Å². The molecular formula is C32H31F7N2O2. The topological polar surface area (TPSA) is 41.6 Å². The van der Waals surface area contributed by atoms with Gasteiger partial charge in [-0.25, -0.2) is 4.39 Å². The van der Waals surface area contributed by atoms with E-state index in [1.807, 2.05) is 37.3 Å². The highest BCUT2D eigenvalue weighted by Gasteiger charge is 2.57. The van der Waals surface area contributed by atoms with Gasteiger partial charge in [0.2, 0.25) is 5.91 Å². The Bertz CT molecular complexity index is 1410.